The Balaban J connectivity index is 1.87. The second-order valence-electron chi connectivity index (χ2n) is 7.65. The number of aryl methyl sites for hydroxylation is 1. The Morgan fingerprint density at radius 3 is 2.55 bits per heavy atom. The van der Waals surface area contributed by atoms with Crippen molar-refractivity contribution in [2.45, 2.75) is 39.0 Å². The third-order valence-electron chi connectivity index (χ3n) is 5.29. The summed E-state index contributed by atoms with van der Waals surface area (Å²) in [6, 6.07) is 11.3. The molecule has 162 valence electrons. The molecule has 0 bridgehead atoms. The number of nitrogens with zero attached hydrogens (tertiary/aromatic N) is 1. The lowest BCUT2D eigenvalue weighted by Gasteiger charge is -2.21. The molecule has 1 fully saturated rings. The first-order valence-electron chi connectivity index (χ1n) is 10.2. The van der Waals surface area contributed by atoms with Gasteiger partial charge in [0.15, 0.2) is 0 Å². The zero-order chi connectivity index (χ0) is 22.4. The molecule has 0 unspecified atom stereocenters. The molecule has 0 saturated heterocycles. The van der Waals surface area contributed by atoms with Gasteiger partial charge in [-0.25, -0.2) is 0 Å². The maximum atomic E-state index is 13.0. The second kappa shape index (κ2) is 10.3. The highest BCUT2D eigenvalue weighted by Crippen LogP contribution is 2.25. The lowest BCUT2D eigenvalue weighted by atomic mass is 9.88. The number of nitro groups is 1. The predicted octanol–water partition coefficient (Wildman–Crippen LogP) is 5.34. The quantitative estimate of drug-likeness (QED) is 0.327. The Morgan fingerprint density at radius 1 is 1.13 bits per heavy atom. The number of carbonyl (C=O) groups excluding carboxylic acids is 2. The Hall–Kier alpha value is -3.00. The first-order chi connectivity index (χ1) is 14.8. The molecule has 8 heteroatoms. The lowest BCUT2D eigenvalue weighted by molar-refractivity contribution is -0.384. The number of amides is 2. The van der Waals surface area contributed by atoms with Gasteiger partial charge >= 0.3 is 0 Å². The Labute approximate surface area is 189 Å². The molecule has 2 amide bonds. The molecule has 0 aliphatic heterocycles. The third kappa shape index (κ3) is 6.24. The van der Waals surface area contributed by atoms with Crippen molar-refractivity contribution < 1.29 is 14.5 Å². The fraction of sp³-hybridized carbons (Fsp3) is 0.304. The van der Waals surface area contributed by atoms with Gasteiger partial charge in [0.25, 0.3) is 11.6 Å². The van der Waals surface area contributed by atoms with Crippen LogP contribution in [0.2, 0.25) is 0 Å². The first kappa shape index (κ1) is 22.7. The summed E-state index contributed by atoms with van der Waals surface area (Å²) >= 11 is 3.43. The summed E-state index contributed by atoms with van der Waals surface area (Å²) < 4.78 is 0.920. The van der Waals surface area contributed by atoms with Gasteiger partial charge in [0.2, 0.25) is 5.91 Å². The third-order valence-corrected chi connectivity index (χ3v) is 6.18. The Morgan fingerprint density at radius 2 is 1.87 bits per heavy atom. The van der Waals surface area contributed by atoms with Crippen LogP contribution in [0.3, 0.4) is 0 Å². The fourth-order valence-electron chi connectivity index (χ4n) is 3.57. The van der Waals surface area contributed by atoms with E-state index < -0.39 is 10.8 Å². The number of nitro benzene ring substituents is 1. The molecular weight excluding hydrogens is 462 g/mol. The van der Waals surface area contributed by atoms with Gasteiger partial charge in [0, 0.05) is 28.2 Å². The van der Waals surface area contributed by atoms with Crippen molar-refractivity contribution in [1.29, 1.82) is 0 Å². The standard InChI is InChI=1S/C23H24BrN3O4/c1-15-12-18(10-11-20(15)24)25-23(29)21(26-22(28)17-7-3-2-4-8-17)14-16-6-5-9-19(13-16)27(30)31/h5-6,9-14,17H,2-4,7-8H2,1H3,(H,25,29)(H,26,28)/b21-14-. The van der Waals surface area contributed by atoms with E-state index in [9.17, 15) is 19.7 Å². The van der Waals surface area contributed by atoms with Crippen LogP contribution in [0.4, 0.5) is 11.4 Å². The molecule has 2 N–H and O–H groups in total. The summed E-state index contributed by atoms with van der Waals surface area (Å²) in [6.07, 6.45) is 6.16. The summed E-state index contributed by atoms with van der Waals surface area (Å²) in [5, 5.41) is 16.6. The van der Waals surface area contributed by atoms with Gasteiger partial charge in [-0.15, -0.1) is 0 Å². The number of benzene rings is 2. The number of non-ortho nitro benzene ring substituents is 1. The SMILES string of the molecule is Cc1cc(NC(=O)/C(=C/c2cccc([N+](=O)[O-])c2)NC(=O)C2CCCCC2)ccc1Br. The molecule has 2 aromatic rings. The summed E-state index contributed by atoms with van der Waals surface area (Å²) in [4.78, 5) is 36.4. The van der Waals surface area contributed by atoms with Crippen LogP contribution in [0.15, 0.2) is 52.6 Å². The smallest absolute Gasteiger partial charge is 0.272 e. The van der Waals surface area contributed by atoms with Gasteiger partial charge in [-0.05, 0) is 55.2 Å². The Bertz CT molecular complexity index is 1030. The number of rotatable bonds is 6. The minimum absolute atomic E-state index is 0.0524. The normalized spacial score (nSPS) is 14.7. The van der Waals surface area contributed by atoms with Crippen molar-refractivity contribution >= 4 is 45.2 Å². The summed E-state index contributed by atoms with van der Waals surface area (Å²) in [7, 11) is 0. The van der Waals surface area contributed by atoms with Crippen LogP contribution in [-0.2, 0) is 9.59 Å². The van der Waals surface area contributed by atoms with Crippen molar-refractivity contribution in [2.75, 3.05) is 5.32 Å². The van der Waals surface area contributed by atoms with E-state index >= 15 is 0 Å². The van der Waals surface area contributed by atoms with E-state index in [1.807, 2.05) is 19.1 Å². The highest BCUT2D eigenvalue weighted by atomic mass is 79.9. The number of halogens is 1. The van der Waals surface area contributed by atoms with Crippen LogP contribution in [0.25, 0.3) is 6.08 Å². The highest BCUT2D eigenvalue weighted by molar-refractivity contribution is 9.10. The van der Waals surface area contributed by atoms with Crippen LogP contribution < -0.4 is 10.6 Å². The van der Waals surface area contributed by atoms with Crippen LogP contribution in [0, 0.1) is 23.0 Å². The van der Waals surface area contributed by atoms with Crippen molar-refractivity contribution in [2.24, 2.45) is 5.92 Å². The van der Waals surface area contributed by atoms with E-state index in [0.717, 1.165) is 42.1 Å². The maximum absolute atomic E-state index is 13.0. The molecule has 31 heavy (non-hydrogen) atoms. The van der Waals surface area contributed by atoms with E-state index in [-0.39, 0.29) is 23.2 Å². The molecule has 7 nitrogen and oxygen atoms in total. The van der Waals surface area contributed by atoms with Gasteiger partial charge < -0.3 is 10.6 Å². The lowest BCUT2D eigenvalue weighted by Crippen LogP contribution is -2.35. The predicted molar refractivity (Wildman–Crippen MR) is 123 cm³/mol. The largest absolute Gasteiger partial charge is 0.321 e. The molecule has 0 radical (unpaired) electrons. The van der Waals surface area contributed by atoms with E-state index in [4.69, 9.17) is 0 Å². The van der Waals surface area contributed by atoms with Crippen molar-refractivity contribution in [1.82, 2.24) is 5.32 Å². The van der Waals surface area contributed by atoms with E-state index in [1.165, 1.54) is 18.2 Å². The van der Waals surface area contributed by atoms with Crippen LogP contribution in [-0.4, -0.2) is 16.7 Å². The van der Waals surface area contributed by atoms with Crippen molar-refractivity contribution in [3.63, 3.8) is 0 Å². The molecular formula is C23H24BrN3O4. The van der Waals surface area contributed by atoms with E-state index in [2.05, 4.69) is 26.6 Å². The topological polar surface area (TPSA) is 101 Å². The number of hydrogen-bond donors (Lipinski definition) is 2. The molecule has 0 spiro atoms. The van der Waals surface area contributed by atoms with Gasteiger partial charge in [-0.1, -0.05) is 47.3 Å². The molecule has 0 atom stereocenters. The van der Waals surface area contributed by atoms with Crippen LogP contribution in [0.1, 0.15) is 43.2 Å². The minimum Gasteiger partial charge on any atom is -0.321 e. The van der Waals surface area contributed by atoms with E-state index in [1.54, 1.807) is 18.2 Å². The molecule has 1 aliphatic carbocycles. The minimum atomic E-state index is -0.498. The number of carbonyl (C=O) groups is 2. The monoisotopic (exact) mass is 485 g/mol. The number of nitrogens with one attached hydrogen (secondary N) is 2. The molecule has 0 heterocycles. The summed E-state index contributed by atoms with van der Waals surface area (Å²) in [5.41, 5.74) is 1.96. The van der Waals surface area contributed by atoms with Crippen molar-refractivity contribution in [3.8, 4) is 0 Å². The molecule has 1 saturated carbocycles. The summed E-state index contributed by atoms with van der Waals surface area (Å²) in [5.74, 6) is -0.819. The molecule has 3 rings (SSSR count). The van der Waals surface area contributed by atoms with Gasteiger partial charge in [-0.3, -0.25) is 19.7 Å². The average Bonchev–Trinajstić information content (AvgIpc) is 2.76. The number of anilines is 1. The van der Waals surface area contributed by atoms with E-state index in [0.29, 0.717) is 11.3 Å². The average molecular weight is 486 g/mol. The molecule has 0 aromatic heterocycles. The summed E-state index contributed by atoms with van der Waals surface area (Å²) in [6.45, 7) is 1.91. The van der Waals surface area contributed by atoms with Gasteiger partial charge in [0.05, 0.1) is 4.92 Å². The maximum Gasteiger partial charge on any atom is 0.272 e. The zero-order valence-electron chi connectivity index (χ0n) is 17.2. The van der Waals surface area contributed by atoms with Crippen LogP contribution in [0.5, 0.6) is 0 Å². The fourth-order valence-corrected chi connectivity index (χ4v) is 3.82. The molecule has 2 aromatic carbocycles. The first-order valence-corrected chi connectivity index (χ1v) is 11.0. The van der Waals surface area contributed by atoms with Gasteiger partial charge in [0.1, 0.15) is 5.70 Å². The molecule has 1 aliphatic rings. The van der Waals surface area contributed by atoms with Crippen LogP contribution >= 0.6 is 15.9 Å². The van der Waals surface area contributed by atoms with Gasteiger partial charge in [-0.2, -0.15) is 0 Å². The second-order valence-corrected chi connectivity index (χ2v) is 8.51. The Kier molecular flexibility index (Phi) is 7.57. The highest BCUT2D eigenvalue weighted by Gasteiger charge is 2.23. The number of hydrogen-bond acceptors (Lipinski definition) is 4. The van der Waals surface area contributed by atoms with Crippen molar-refractivity contribution in [3.05, 3.63) is 73.9 Å². The zero-order valence-corrected chi connectivity index (χ0v) is 18.8.